The number of fused-ring (bicyclic) bond motifs is 1. The minimum absolute atomic E-state index is 0.000388. The molecule has 3 aromatic rings. The Hall–Kier alpha value is -3.65. The van der Waals surface area contributed by atoms with Gasteiger partial charge in [0.15, 0.2) is 0 Å². The first kappa shape index (κ1) is 26.0. The molecule has 0 spiro atoms. The fourth-order valence-electron chi connectivity index (χ4n) is 5.38. The van der Waals surface area contributed by atoms with Crippen LogP contribution in [-0.4, -0.2) is 88.5 Å². The second kappa shape index (κ2) is 11.0. The molecule has 0 radical (unpaired) electrons. The van der Waals surface area contributed by atoms with E-state index in [9.17, 15) is 9.59 Å². The van der Waals surface area contributed by atoms with Crippen molar-refractivity contribution in [2.45, 2.75) is 45.7 Å². The number of carbonyl (C=O) groups excluding carboxylic acids is 2. The fraction of sp³-hybridized carbons (Fsp3) is 0.433. The molecule has 2 aromatic heterocycles. The summed E-state index contributed by atoms with van der Waals surface area (Å²) in [6.07, 6.45) is 7.80. The zero-order valence-corrected chi connectivity index (χ0v) is 22.8. The summed E-state index contributed by atoms with van der Waals surface area (Å²) in [5.74, 6) is 0.0944. The molecule has 8 nitrogen and oxygen atoms in total. The van der Waals surface area contributed by atoms with Gasteiger partial charge in [-0.15, -0.1) is 0 Å². The number of hydrogen-bond acceptors (Lipinski definition) is 4. The molecule has 2 aliphatic heterocycles. The van der Waals surface area contributed by atoms with Gasteiger partial charge in [0.2, 0.25) is 0 Å². The molecule has 1 aromatic carbocycles. The summed E-state index contributed by atoms with van der Waals surface area (Å²) in [5.41, 5.74) is 5.99. The lowest BCUT2D eigenvalue weighted by Gasteiger charge is -2.34. The summed E-state index contributed by atoms with van der Waals surface area (Å²) in [6.45, 7) is 10.1. The highest BCUT2D eigenvalue weighted by molar-refractivity contribution is 5.96. The van der Waals surface area contributed by atoms with Crippen molar-refractivity contribution >= 4 is 28.5 Å². The first-order chi connectivity index (χ1) is 18.3. The van der Waals surface area contributed by atoms with Crippen molar-refractivity contribution in [2.75, 3.05) is 39.8 Å². The highest BCUT2D eigenvalue weighted by Gasteiger charge is 2.27. The van der Waals surface area contributed by atoms with E-state index >= 15 is 0 Å². The van der Waals surface area contributed by atoms with Gasteiger partial charge in [0.05, 0.1) is 6.04 Å². The van der Waals surface area contributed by atoms with Crippen molar-refractivity contribution in [2.24, 2.45) is 0 Å². The largest absolute Gasteiger partial charge is 0.346 e. The normalized spacial score (nSPS) is 18.7. The molecular weight excluding hydrogens is 476 g/mol. The number of piperazine rings is 1. The van der Waals surface area contributed by atoms with E-state index in [1.54, 1.807) is 0 Å². The molecule has 1 fully saturated rings. The van der Waals surface area contributed by atoms with Crippen LogP contribution in [0.1, 0.15) is 49.5 Å². The Morgan fingerprint density at radius 2 is 1.82 bits per heavy atom. The highest BCUT2D eigenvalue weighted by Crippen LogP contribution is 2.33. The summed E-state index contributed by atoms with van der Waals surface area (Å²) in [5, 5.41) is 4.10. The minimum Gasteiger partial charge on any atom is -0.346 e. The number of likely N-dealkylation sites (N-methyl/N-ethyl adjacent to an activating group) is 1. The number of hydrogen-bond donors (Lipinski definition) is 2. The zero-order valence-electron chi connectivity index (χ0n) is 22.8. The number of rotatable bonds is 5. The molecule has 4 heterocycles. The number of pyridine rings is 1. The van der Waals surface area contributed by atoms with E-state index < -0.39 is 0 Å². The number of nitrogens with zero attached hydrogens (tertiary/aromatic N) is 4. The Morgan fingerprint density at radius 1 is 1.08 bits per heavy atom. The second-order valence-corrected chi connectivity index (χ2v) is 10.7. The first-order valence-corrected chi connectivity index (χ1v) is 13.7. The average Bonchev–Trinajstić information content (AvgIpc) is 3.36. The zero-order chi connectivity index (χ0) is 26.8. The van der Waals surface area contributed by atoms with Crippen molar-refractivity contribution in [3.8, 4) is 11.1 Å². The van der Waals surface area contributed by atoms with Crippen LogP contribution in [0.15, 0.2) is 48.8 Å². The van der Waals surface area contributed by atoms with E-state index in [1.807, 2.05) is 60.3 Å². The van der Waals surface area contributed by atoms with E-state index in [-0.39, 0.29) is 24.0 Å². The first-order valence-electron chi connectivity index (χ1n) is 13.7. The van der Waals surface area contributed by atoms with Gasteiger partial charge in [0, 0.05) is 73.2 Å². The molecule has 0 aliphatic carbocycles. The van der Waals surface area contributed by atoms with Crippen LogP contribution in [0.3, 0.4) is 0 Å². The monoisotopic (exact) mass is 514 g/mol. The number of carbonyl (C=O) groups is 2. The molecule has 3 amide bonds. The van der Waals surface area contributed by atoms with Crippen LogP contribution in [0.5, 0.6) is 0 Å². The third-order valence-corrected chi connectivity index (χ3v) is 7.64. The molecular formula is C30H38N6O2. The Kier molecular flexibility index (Phi) is 7.51. The molecule has 5 rings (SSSR count). The molecule has 1 atom stereocenters. The van der Waals surface area contributed by atoms with Crippen LogP contribution in [0.25, 0.3) is 27.7 Å². The van der Waals surface area contributed by atoms with Crippen LogP contribution in [-0.2, 0) is 0 Å². The number of amides is 3. The lowest BCUT2D eigenvalue weighted by molar-refractivity contribution is 0.0664. The maximum atomic E-state index is 12.9. The average molecular weight is 515 g/mol. The van der Waals surface area contributed by atoms with Gasteiger partial charge in [0.1, 0.15) is 5.65 Å². The number of aromatic amines is 1. The molecule has 1 unspecified atom stereocenters. The molecule has 0 saturated carbocycles. The molecule has 38 heavy (non-hydrogen) atoms. The predicted molar refractivity (Wildman–Crippen MR) is 152 cm³/mol. The van der Waals surface area contributed by atoms with Crippen LogP contribution in [0.4, 0.5) is 4.79 Å². The summed E-state index contributed by atoms with van der Waals surface area (Å²) in [4.78, 5) is 39.8. The van der Waals surface area contributed by atoms with Gasteiger partial charge in [-0.1, -0.05) is 25.1 Å². The molecule has 1 saturated heterocycles. The number of H-pyrrole nitrogens is 1. The van der Waals surface area contributed by atoms with Gasteiger partial charge in [-0.2, -0.15) is 0 Å². The third kappa shape index (κ3) is 5.31. The van der Waals surface area contributed by atoms with Crippen LogP contribution >= 0.6 is 0 Å². The van der Waals surface area contributed by atoms with Gasteiger partial charge in [-0.3, -0.25) is 4.79 Å². The predicted octanol–water partition coefficient (Wildman–Crippen LogP) is 4.60. The van der Waals surface area contributed by atoms with Gasteiger partial charge >= 0.3 is 6.03 Å². The Morgan fingerprint density at radius 3 is 2.50 bits per heavy atom. The van der Waals surface area contributed by atoms with Crippen molar-refractivity contribution in [1.82, 2.24) is 30.0 Å². The van der Waals surface area contributed by atoms with Gasteiger partial charge in [-0.05, 0) is 63.1 Å². The molecule has 200 valence electrons. The van der Waals surface area contributed by atoms with Crippen molar-refractivity contribution in [3.05, 3.63) is 59.9 Å². The third-order valence-electron chi connectivity index (χ3n) is 7.64. The number of urea groups is 1. The van der Waals surface area contributed by atoms with Gasteiger partial charge in [0.25, 0.3) is 5.91 Å². The molecule has 8 heteroatoms. The van der Waals surface area contributed by atoms with E-state index in [0.717, 1.165) is 72.3 Å². The van der Waals surface area contributed by atoms with Gasteiger partial charge in [-0.25, -0.2) is 9.78 Å². The fourth-order valence-corrected chi connectivity index (χ4v) is 5.38. The smallest absolute Gasteiger partial charge is 0.318 e. The van der Waals surface area contributed by atoms with E-state index in [0.29, 0.717) is 6.54 Å². The summed E-state index contributed by atoms with van der Waals surface area (Å²) in [6, 6.07) is 10.2. The summed E-state index contributed by atoms with van der Waals surface area (Å²) in [7, 11) is 2.09. The second-order valence-electron chi connectivity index (χ2n) is 10.7. The molecule has 0 bridgehead atoms. The number of nitrogens with one attached hydrogen (secondary N) is 2. The molecule has 2 aliphatic rings. The maximum Gasteiger partial charge on any atom is 0.318 e. The van der Waals surface area contributed by atoms with Crippen LogP contribution in [0, 0.1) is 0 Å². The topological polar surface area (TPSA) is 84.6 Å². The molecule has 2 N–H and O–H groups in total. The van der Waals surface area contributed by atoms with E-state index in [4.69, 9.17) is 0 Å². The highest BCUT2D eigenvalue weighted by atomic mass is 16.2. The quantitative estimate of drug-likeness (QED) is 0.521. The minimum atomic E-state index is -0.000388. The summed E-state index contributed by atoms with van der Waals surface area (Å²) >= 11 is 0. The summed E-state index contributed by atoms with van der Waals surface area (Å²) < 4.78 is 0. The Balaban J connectivity index is 1.37. The Labute approximate surface area is 224 Å². The number of benzene rings is 1. The van der Waals surface area contributed by atoms with Crippen LogP contribution in [0.2, 0.25) is 0 Å². The SMILES string of the molecule is CCC1C=C(c2c[nH]c3ncc(-c4ccc(C(=O)N5CCN(C)CC5)cc4)cc23)CCN1C(=O)NC(C)C. The standard InChI is InChI=1S/C30H38N6O2/c1-5-25-16-23(10-11-36(25)30(38)33-20(2)3)27-19-32-28-26(27)17-24(18-31-28)21-6-8-22(9-7-21)29(37)35-14-12-34(4)13-15-35/h6-9,16-20,25H,5,10-15H2,1-4H3,(H,31,32)(H,33,38). The van der Waals surface area contributed by atoms with Crippen LogP contribution < -0.4 is 5.32 Å². The Bertz CT molecular complexity index is 1330. The van der Waals surface area contributed by atoms with Gasteiger partial charge < -0.3 is 25.0 Å². The lowest BCUT2D eigenvalue weighted by atomic mass is 9.94. The lowest BCUT2D eigenvalue weighted by Crippen LogP contribution is -2.49. The number of aromatic nitrogens is 2. The van der Waals surface area contributed by atoms with Crippen molar-refractivity contribution in [3.63, 3.8) is 0 Å². The van der Waals surface area contributed by atoms with E-state index in [2.05, 4.69) is 46.3 Å². The maximum absolute atomic E-state index is 12.9. The van der Waals surface area contributed by atoms with Crippen molar-refractivity contribution in [1.29, 1.82) is 0 Å². The van der Waals surface area contributed by atoms with Crippen molar-refractivity contribution < 1.29 is 9.59 Å². The van der Waals surface area contributed by atoms with E-state index in [1.165, 1.54) is 5.57 Å².